The van der Waals surface area contributed by atoms with Gasteiger partial charge in [-0.05, 0) is 48.9 Å². The highest BCUT2D eigenvalue weighted by atomic mass is 32.2. The summed E-state index contributed by atoms with van der Waals surface area (Å²) in [4.78, 5) is 26.1. The first-order valence-electron chi connectivity index (χ1n) is 10.6. The first-order chi connectivity index (χ1) is 16.6. The largest absolute Gasteiger partial charge is 0.495 e. The normalized spacial score (nSPS) is 11.1. The molecule has 0 aliphatic heterocycles. The van der Waals surface area contributed by atoms with Crippen LogP contribution in [0.1, 0.15) is 5.56 Å². The topological polar surface area (TPSA) is 90.5 Å². The molecule has 1 N–H and O–H groups in total. The number of carbonyl (C=O) groups is 1. The van der Waals surface area contributed by atoms with Gasteiger partial charge < -0.3 is 10.1 Å². The van der Waals surface area contributed by atoms with E-state index >= 15 is 0 Å². The minimum absolute atomic E-state index is 0.136. The lowest BCUT2D eigenvalue weighted by Gasteiger charge is -2.14. The van der Waals surface area contributed by atoms with Gasteiger partial charge in [-0.3, -0.25) is 14.0 Å². The van der Waals surface area contributed by atoms with Crippen LogP contribution in [-0.4, -0.2) is 37.9 Å². The maximum absolute atomic E-state index is 13.6. The molecule has 8 nitrogen and oxygen atoms in total. The zero-order chi connectivity index (χ0) is 23.7. The Bertz CT molecular complexity index is 1580. The molecule has 9 heteroatoms. The van der Waals surface area contributed by atoms with Crippen LogP contribution in [0.5, 0.6) is 5.75 Å². The summed E-state index contributed by atoms with van der Waals surface area (Å²) in [6, 6.07) is 22.2. The smallest absolute Gasteiger partial charge is 0.267 e. The van der Waals surface area contributed by atoms with Gasteiger partial charge in [-0.15, -0.1) is 10.2 Å². The van der Waals surface area contributed by atoms with Crippen LogP contribution in [0.15, 0.2) is 82.7 Å². The summed E-state index contributed by atoms with van der Waals surface area (Å²) in [7, 11) is 1.56. The lowest BCUT2D eigenvalue weighted by molar-refractivity contribution is -0.113. The van der Waals surface area contributed by atoms with E-state index in [4.69, 9.17) is 4.74 Å². The van der Waals surface area contributed by atoms with Gasteiger partial charge in [-0.25, -0.2) is 4.57 Å². The number of para-hydroxylation sites is 2. The van der Waals surface area contributed by atoms with Gasteiger partial charge in [0.2, 0.25) is 11.7 Å². The average molecular weight is 472 g/mol. The number of nitrogens with zero attached hydrogens (tertiary/aromatic N) is 4. The number of anilines is 1. The Kier molecular flexibility index (Phi) is 5.77. The van der Waals surface area contributed by atoms with Gasteiger partial charge in [0.25, 0.3) is 5.56 Å². The fourth-order valence-electron chi connectivity index (χ4n) is 3.81. The molecule has 5 aromatic rings. The Hall–Kier alpha value is -4.11. The van der Waals surface area contributed by atoms with Crippen LogP contribution >= 0.6 is 11.8 Å². The molecule has 2 aromatic heterocycles. The van der Waals surface area contributed by atoms with E-state index in [9.17, 15) is 9.59 Å². The van der Waals surface area contributed by atoms with E-state index in [1.54, 1.807) is 17.6 Å². The van der Waals surface area contributed by atoms with E-state index in [-0.39, 0.29) is 17.2 Å². The number of hydrogen-bond donors (Lipinski definition) is 1. The Morgan fingerprint density at radius 1 is 1.03 bits per heavy atom. The maximum Gasteiger partial charge on any atom is 0.267 e. The summed E-state index contributed by atoms with van der Waals surface area (Å²) in [5, 5.41) is 12.6. The quantitative estimate of drug-likeness (QED) is 0.375. The summed E-state index contributed by atoms with van der Waals surface area (Å²) < 4.78 is 8.85. The first-order valence-corrected chi connectivity index (χ1v) is 11.6. The molecule has 2 heterocycles. The van der Waals surface area contributed by atoms with Crippen LogP contribution < -0.4 is 15.6 Å². The number of rotatable bonds is 6. The Labute approximate surface area is 199 Å². The molecule has 170 valence electrons. The van der Waals surface area contributed by atoms with Crippen LogP contribution in [-0.2, 0) is 4.79 Å². The summed E-state index contributed by atoms with van der Waals surface area (Å²) in [6.07, 6.45) is 0. The Morgan fingerprint density at radius 3 is 2.59 bits per heavy atom. The number of amides is 1. The fraction of sp³-hybridized carbons (Fsp3) is 0.120. The molecule has 0 aliphatic carbocycles. The molecule has 0 atom stereocenters. The monoisotopic (exact) mass is 471 g/mol. The molecule has 0 saturated heterocycles. The van der Waals surface area contributed by atoms with E-state index in [1.807, 2.05) is 73.7 Å². The van der Waals surface area contributed by atoms with Crippen molar-refractivity contribution < 1.29 is 9.53 Å². The zero-order valence-electron chi connectivity index (χ0n) is 18.6. The molecule has 34 heavy (non-hydrogen) atoms. The summed E-state index contributed by atoms with van der Waals surface area (Å²) >= 11 is 1.25. The second-order valence-electron chi connectivity index (χ2n) is 7.65. The molecular weight excluding hydrogens is 450 g/mol. The number of methoxy groups -OCH3 is 1. The van der Waals surface area contributed by atoms with Gasteiger partial charge in [0.1, 0.15) is 5.75 Å². The predicted octanol–water partition coefficient (Wildman–Crippen LogP) is 4.08. The standard InChI is InChI=1S/C25H21N5O3S/c1-16-12-13-21(33-2)20(14-16)29-23(32)18-10-6-7-11-19(18)30-24(29)27-28-25(30)34-15-22(31)26-17-8-4-3-5-9-17/h3-14H,15H2,1-2H3,(H,26,31). The van der Waals surface area contributed by atoms with Crippen LogP contribution in [0.4, 0.5) is 5.69 Å². The summed E-state index contributed by atoms with van der Waals surface area (Å²) in [5.41, 5.74) is 2.72. The lowest BCUT2D eigenvalue weighted by atomic mass is 10.2. The lowest BCUT2D eigenvalue weighted by Crippen LogP contribution is -2.22. The second kappa shape index (κ2) is 9.03. The number of carbonyl (C=O) groups excluding carboxylic acids is 1. The van der Waals surface area contributed by atoms with Crippen molar-refractivity contribution >= 4 is 40.0 Å². The van der Waals surface area contributed by atoms with Crippen LogP contribution in [0, 0.1) is 6.92 Å². The first kappa shape index (κ1) is 21.7. The maximum atomic E-state index is 13.6. The van der Waals surface area contributed by atoms with Gasteiger partial charge in [0.15, 0.2) is 5.16 Å². The van der Waals surface area contributed by atoms with E-state index in [1.165, 1.54) is 16.3 Å². The fourth-order valence-corrected chi connectivity index (χ4v) is 4.55. The minimum Gasteiger partial charge on any atom is -0.495 e. The van der Waals surface area contributed by atoms with Crippen molar-refractivity contribution in [2.45, 2.75) is 12.1 Å². The van der Waals surface area contributed by atoms with Gasteiger partial charge >= 0.3 is 0 Å². The molecule has 0 saturated carbocycles. The Balaban J connectivity index is 1.62. The average Bonchev–Trinajstić information content (AvgIpc) is 3.27. The van der Waals surface area contributed by atoms with Crippen molar-refractivity contribution in [3.05, 3.63) is 88.7 Å². The molecule has 0 radical (unpaired) electrons. The molecule has 5 rings (SSSR count). The number of aryl methyl sites for hydroxylation is 1. The number of nitrogens with one attached hydrogen (secondary N) is 1. The second-order valence-corrected chi connectivity index (χ2v) is 8.60. The van der Waals surface area contributed by atoms with Crippen molar-refractivity contribution in [3.8, 4) is 11.4 Å². The highest BCUT2D eigenvalue weighted by molar-refractivity contribution is 7.99. The SMILES string of the molecule is COc1ccc(C)cc1-n1c(=O)c2ccccc2n2c(SCC(=O)Nc3ccccc3)nnc12. The third kappa shape index (κ3) is 3.90. The van der Waals surface area contributed by atoms with Gasteiger partial charge in [-0.1, -0.05) is 48.2 Å². The predicted molar refractivity (Wildman–Crippen MR) is 133 cm³/mol. The molecule has 1 amide bonds. The number of fused-ring (bicyclic) bond motifs is 3. The zero-order valence-corrected chi connectivity index (χ0v) is 19.4. The van der Waals surface area contributed by atoms with Crippen LogP contribution in [0.2, 0.25) is 0 Å². The molecule has 0 aliphatic rings. The van der Waals surface area contributed by atoms with Crippen molar-refractivity contribution in [3.63, 3.8) is 0 Å². The number of thioether (sulfide) groups is 1. The molecular formula is C25H21N5O3S. The van der Waals surface area contributed by atoms with Crippen molar-refractivity contribution in [1.29, 1.82) is 0 Å². The van der Waals surface area contributed by atoms with Crippen LogP contribution in [0.3, 0.4) is 0 Å². The Morgan fingerprint density at radius 2 is 1.79 bits per heavy atom. The summed E-state index contributed by atoms with van der Waals surface area (Å²) in [5.74, 6) is 0.866. The third-order valence-corrected chi connectivity index (χ3v) is 6.29. The number of ether oxygens (including phenoxy) is 1. The molecule has 3 aromatic carbocycles. The van der Waals surface area contributed by atoms with E-state index in [0.29, 0.717) is 33.3 Å². The van der Waals surface area contributed by atoms with Crippen molar-refractivity contribution in [2.24, 2.45) is 0 Å². The molecule has 0 spiro atoms. The van der Waals surface area contributed by atoms with E-state index < -0.39 is 0 Å². The van der Waals surface area contributed by atoms with E-state index in [0.717, 1.165) is 11.3 Å². The number of aromatic nitrogens is 4. The highest BCUT2D eigenvalue weighted by Crippen LogP contribution is 2.28. The van der Waals surface area contributed by atoms with Crippen LogP contribution in [0.25, 0.3) is 22.4 Å². The molecule has 0 unspecified atom stereocenters. The summed E-state index contributed by atoms with van der Waals surface area (Å²) in [6.45, 7) is 1.95. The minimum atomic E-state index is -0.224. The van der Waals surface area contributed by atoms with Gasteiger partial charge in [-0.2, -0.15) is 0 Å². The number of benzene rings is 3. The van der Waals surface area contributed by atoms with Crippen molar-refractivity contribution in [2.75, 3.05) is 18.2 Å². The highest BCUT2D eigenvalue weighted by Gasteiger charge is 2.20. The van der Waals surface area contributed by atoms with Gasteiger partial charge in [0.05, 0.1) is 29.5 Å². The van der Waals surface area contributed by atoms with E-state index in [2.05, 4.69) is 15.5 Å². The number of hydrogen-bond acceptors (Lipinski definition) is 6. The molecule has 0 fully saturated rings. The van der Waals surface area contributed by atoms with Crippen molar-refractivity contribution in [1.82, 2.24) is 19.2 Å². The molecule has 0 bridgehead atoms. The van der Waals surface area contributed by atoms with Gasteiger partial charge in [0, 0.05) is 5.69 Å². The third-order valence-electron chi connectivity index (χ3n) is 5.36.